The lowest BCUT2D eigenvalue weighted by Crippen LogP contribution is -2.10. The molecule has 5 heteroatoms. The number of aromatic nitrogens is 4. The SMILES string of the molecule is CC(C)(C#N)CCCn1nnc(-c2ccccc2)n1. The number of hydrogen-bond donors (Lipinski definition) is 0. The Morgan fingerprint density at radius 2 is 2.00 bits per heavy atom. The molecule has 0 aliphatic heterocycles. The minimum absolute atomic E-state index is 0.289. The lowest BCUT2D eigenvalue weighted by Gasteiger charge is -2.13. The third kappa shape index (κ3) is 3.62. The lowest BCUT2D eigenvalue weighted by atomic mass is 9.90. The number of aryl methyl sites for hydroxylation is 1. The second-order valence-corrected chi connectivity index (χ2v) is 5.17. The molecule has 1 aromatic heterocycles. The van der Waals surface area contributed by atoms with Crippen molar-refractivity contribution in [1.82, 2.24) is 20.2 Å². The fourth-order valence-electron chi connectivity index (χ4n) is 1.76. The summed E-state index contributed by atoms with van der Waals surface area (Å²) in [4.78, 5) is 1.59. The fraction of sp³-hybridized carbons (Fsp3) is 0.429. The van der Waals surface area contributed by atoms with Crippen molar-refractivity contribution in [2.24, 2.45) is 5.41 Å². The molecular formula is C14H17N5. The van der Waals surface area contributed by atoms with Crippen molar-refractivity contribution in [3.05, 3.63) is 30.3 Å². The van der Waals surface area contributed by atoms with E-state index in [1.807, 2.05) is 44.2 Å². The highest BCUT2D eigenvalue weighted by Gasteiger charge is 2.16. The van der Waals surface area contributed by atoms with Crippen LogP contribution >= 0.6 is 0 Å². The molecule has 98 valence electrons. The summed E-state index contributed by atoms with van der Waals surface area (Å²) in [7, 11) is 0. The number of rotatable bonds is 5. The summed E-state index contributed by atoms with van der Waals surface area (Å²) in [6.45, 7) is 4.57. The van der Waals surface area contributed by atoms with E-state index in [9.17, 15) is 0 Å². The molecule has 0 aliphatic carbocycles. The van der Waals surface area contributed by atoms with Gasteiger partial charge in [0.2, 0.25) is 5.82 Å². The van der Waals surface area contributed by atoms with Crippen molar-refractivity contribution >= 4 is 0 Å². The highest BCUT2D eigenvalue weighted by molar-refractivity contribution is 5.52. The first-order chi connectivity index (χ1) is 9.11. The van der Waals surface area contributed by atoms with Crippen LogP contribution in [0.3, 0.4) is 0 Å². The zero-order chi connectivity index (χ0) is 13.7. The zero-order valence-corrected chi connectivity index (χ0v) is 11.2. The molecule has 1 heterocycles. The van der Waals surface area contributed by atoms with E-state index in [0.717, 1.165) is 18.4 Å². The van der Waals surface area contributed by atoms with Gasteiger partial charge in [-0.25, -0.2) is 0 Å². The van der Waals surface area contributed by atoms with Gasteiger partial charge in [-0.05, 0) is 31.9 Å². The molecule has 0 aliphatic rings. The van der Waals surface area contributed by atoms with Crippen molar-refractivity contribution in [2.75, 3.05) is 0 Å². The summed E-state index contributed by atoms with van der Waals surface area (Å²) in [5.41, 5.74) is 0.675. The molecule has 2 aromatic rings. The molecule has 0 unspecified atom stereocenters. The van der Waals surface area contributed by atoms with Crippen LogP contribution in [0.1, 0.15) is 26.7 Å². The maximum atomic E-state index is 8.94. The van der Waals surface area contributed by atoms with Crippen molar-refractivity contribution in [1.29, 1.82) is 5.26 Å². The number of hydrogen-bond acceptors (Lipinski definition) is 4. The normalized spacial score (nSPS) is 11.2. The fourth-order valence-corrected chi connectivity index (χ4v) is 1.76. The second kappa shape index (κ2) is 5.61. The van der Waals surface area contributed by atoms with E-state index in [-0.39, 0.29) is 5.41 Å². The first-order valence-corrected chi connectivity index (χ1v) is 6.35. The molecule has 0 radical (unpaired) electrons. The average Bonchev–Trinajstić information content (AvgIpc) is 2.88. The van der Waals surface area contributed by atoms with Gasteiger partial charge in [-0.2, -0.15) is 10.1 Å². The molecule has 2 rings (SSSR count). The van der Waals surface area contributed by atoms with Crippen LogP contribution in [-0.2, 0) is 6.54 Å². The molecule has 1 aromatic carbocycles. The predicted molar refractivity (Wildman–Crippen MR) is 71.9 cm³/mol. The monoisotopic (exact) mass is 255 g/mol. The Morgan fingerprint density at radius 1 is 1.26 bits per heavy atom. The highest BCUT2D eigenvalue weighted by Crippen LogP contribution is 2.20. The van der Waals surface area contributed by atoms with E-state index in [1.165, 1.54) is 0 Å². The average molecular weight is 255 g/mol. The van der Waals surface area contributed by atoms with E-state index in [4.69, 9.17) is 5.26 Å². The van der Waals surface area contributed by atoms with Gasteiger partial charge >= 0.3 is 0 Å². The van der Waals surface area contributed by atoms with Crippen molar-refractivity contribution in [3.8, 4) is 17.5 Å². The van der Waals surface area contributed by atoms with Gasteiger partial charge in [0.25, 0.3) is 0 Å². The Balaban J connectivity index is 1.94. The van der Waals surface area contributed by atoms with Gasteiger partial charge in [-0.15, -0.1) is 10.2 Å². The first-order valence-electron chi connectivity index (χ1n) is 6.35. The van der Waals surface area contributed by atoms with E-state index in [2.05, 4.69) is 21.5 Å². The Kier molecular flexibility index (Phi) is 3.91. The predicted octanol–water partition coefficient (Wildman–Crippen LogP) is 2.67. The maximum Gasteiger partial charge on any atom is 0.204 e. The van der Waals surface area contributed by atoms with Gasteiger partial charge in [-0.1, -0.05) is 30.3 Å². The summed E-state index contributed by atoms with van der Waals surface area (Å²) in [5, 5.41) is 21.4. The second-order valence-electron chi connectivity index (χ2n) is 5.17. The molecule has 0 spiro atoms. The smallest absolute Gasteiger partial charge is 0.198 e. The lowest BCUT2D eigenvalue weighted by molar-refractivity contribution is 0.391. The van der Waals surface area contributed by atoms with Crippen molar-refractivity contribution < 1.29 is 0 Å². The van der Waals surface area contributed by atoms with Gasteiger partial charge in [0.1, 0.15) is 0 Å². The third-order valence-electron chi connectivity index (χ3n) is 2.95. The molecule has 19 heavy (non-hydrogen) atoms. The van der Waals surface area contributed by atoms with Crippen LogP contribution in [0, 0.1) is 16.7 Å². The van der Waals surface area contributed by atoms with Crippen LogP contribution in [0.15, 0.2) is 30.3 Å². The van der Waals surface area contributed by atoms with Gasteiger partial charge in [0.05, 0.1) is 18.0 Å². The van der Waals surface area contributed by atoms with E-state index in [0.29, 0.717) is 12.4 Å². The summed E-state index contributed by atoms with van der Waals surface area (Å²) in [6, 6.07) is 12.1. The van der Waals surface area contributed by atoms with Gasteiger partial charge in [-0.3, -0.25) is 0 Å². The van der Waals surface area contributed by atoms with E-state index in [1.54, 1.807) is 4.80 Å². The summed E-state index contributed by atoms with van der Waals surface area (Å²) < 4.78 is 0. The standard InChI is InChI=1S/C14H17N5/c1-14(2,11-15)9-6-10-19-17-13(16-18-19)12-7-4-3-5-8-12/h3-5,7-8H,6,9-10H2,1-2H3. The van der Waals surface area contributed by atoms with Crippen LogP contribution in [0.2, 0.25) is 0 Å². The summed E-state index contributed by atoms with van der Waals surface area (Å²) >= 11 is 0. The molecule has 0 amide bonds. The highest BCUT2D eigenvalue weighted by atomic mass is 15.6. The largest absolute Gasteiger partial charge is 0.204 e. The molecule has 0 fully saturated rings. The Labute approximate surface area is 112 Å². The summed E-state index contributed by atoms with van der Waals surface area (Å²) in [5.74, 6) is 0.639. The van der Waals surface area contributed by atoms with Gasteiger partial charge < -0.3 is 0 Å². The minimum Gasteiger partial charge on any atom is -0.198 e. The van der Waals surface area contributed by atoms with Crippen LogP contribution in [0.5, 0.6) is 0 Å². The zero-order valence-electron chi connectivity index (χ0n) is 11.2. The van der Waals surface area contributed by atoms with Gasteiger partial charge in [0, 0.05) is 5.56 Å². The number of nitriles is 1. The molecule has 0 N–H and O–H groups in total. The Hall–Kier alpha value is -2.22. The molecular weight excluding hydrogens is 238 g/mol. The third-order valence-corrected chi connectivity index (χ3v) is 2.95. The number of benzene rings is 1. The summed E-state index contributed by atoms with van der Waals surface area (Å²) in [6.07, 6.45) is 1.69. The van der Waals surface area contributed by atoms with Crippen LogP contribution in [0.4, 0.5) is 0 Å². The topological polar surface area (TPSA) is 67.4 Å². The quantitative estimate of drug-likeness (QED) is 0.823. The first kappa shape index (κ1) is 13.2. The van der Waals surface area contributed by atoms with E-state index < -0.39 is 0 Å². The molecule has 0 atom stereocenters. The van der Waals surface area contributed by atoms with Crippen LogP contribution in [-0.4, -0.2) is 20.2 Å². The Morgan fingerprint density at radius 3 is 2.68 bits per heavy atom. The van der Waals surface area contributed by atoms with Crippen LogP contribution < -0.4 is 0 Å². The van der Waals surface area contributed by atoms with Crippen molar-refractivity contribution in [3.63, 3.8) is 0 Å². The maximum absolute atomic E-state index is 8.94. The minimum atomic E-state index is -0.289. The molecule has 0 saturated heterocycles. The van der Waals surface area contributed by atoms with Crippen molar-refractivity contribution in [2.45, 2.75) is 33.2 Å². The number of nitrogens with zero attached hydrogens (tertiary/aromatic N) is 5. The molecule has 0 saturated carbocycles. The van der Waals surface area contributed by atoms with Crippen LogP contribution in [0.25, 0.3) is 11.4 Å². The molecule has 0 bridgehead atoms. The van der Waals surface area contributed by atoms with E-state index >= 15 is 0 Å². The number of tetrazole rings is 1. The molecule has 5 nitrogen and oxygen atoms in total. The van der Waals surface area contributed by atoms with Gasteiger partial charge in [0.15, 0.2) is 0 Å². The Bertz CT molecular complexity index is 565.